The van der Waals surface area contributed by atoms with Crippen molar-refractivity contribution in [2.75, 3.05) is 18.5 Å². The maximum absolute atomic E-state index is 12.2. The standard InChI is InChI=1S/C12H18N2O2/c1-9-5-6-10(13-2)12(15)14(8-9)11-4-3-7-16-11/h3-4,7,9-10,13H,5-6,8H2,1-2H3. The topological polar surface area (TPSA) is 45.5 Å². The van der Waals surface area contributed by atoms with Gasteiger partial charge in [0.25, 0.3) is 0 Å². The van der Waals surface area contributed by atoms with Crippen LogP contribution in [0.1, 0.15) is 19.8 Å². The number of hydrogen-bond acceptors (Lipinski definition) is 3. The van der Waals surface area contributed by atoms with Crippen molar-refractivity contribution in [2.45, 2.75) is 25.8 Å². The van der Waals surface area contributed by atoms with Gasteiger partial charge in [0.15, 0.2) is 0 Å². The van der Waals surface area contributed by atoms with Crippen molar-refractivity contribution in [3.05, 3.63) is 18.4 Å². The fourth-order valence-corrected chi connectivity index (χ4v) is 2.15. The van der Waals surface area contributed by atoms with Crippen LogP contribution in [-0.4, -0.2) is 25.5 Å². The van der Waals surface area contributed by atoms with Gasteiger partial charge < -0.3 is 9.73 Å². The molecule has 4 nitrogen and oxygen atoms in total. The van der Waals surface area contributed by atoms with E-state index >= 15 is 0 Å². The van der Waals surface area contributed by atoms with E-state index in [1.807, 2.05) is 19.2 Å². The predicted octanol–water partition coefficient (Wildman–Crippen LogP) is 1.63. The van der Waals surface area contributed by atoms with E-state index in [1.165, 1.54) is 0 Å². The number of nitrogens with one attached hydrogen (secondary N) is 1. The number of carbonyl (C=O) groups is 1. The maximum atomic E-state index is 12.2. The molecule has 16 heavy (non-hydrogen) atoms. The maximum Gasteiger partial charge on any atom is 0.246 e. The predicted molar refractivity (Wildman–Crippen MR) is 62.3 cm³/mol. The Bertz CT molecular complexity index is 348. The first kappa shape index (κ1) is 11.2. The van der Waals surface area contributed by atoms with Gasteiger partial charge in [-0.1, -0.05) is 6.92 Å². The lowest BCUT2D eigenvalue weighted by Gasteiger charge is -2.22. The average molecular weight is 222 g/mol. The Hall–Kier alpha value is -1.29. The van der Waals surface area contributed by atoms with Gasteiger partial charge in [-0.05, 0) is 31.9 Å². The van der Waals surface area contributed by atoms with Crippen LogP contribution < -0.4 is 10.2 Å². The third kappa shape index (κ3) is 2.11. The number of amides is 1. The van der Waals surface area contributed by atoms with Crippen LogP contribution in [-0.2, 0) is 4.79 Å². The fraction of sp³-hybridized carbons (Fsp3) is 0.583. The van der Waals surface area contributed by atoms with Gasteiger partial charge in [0.1, 0.15) is 0 Å². The molecule has 1 aliphatic rings. The van der Waals surface area contributed by atoms with Crippen molar-refractivity contribution in [1.29, 1.82) is 0 Å². The summed E-state index contributed by atoms with van der Waals surface area (Å²) in [6.45, 7) is 2.91. The highest BCUT2D eigenvalue weighted by Crippen LogP contribution is 2.23. The van der Waals surface area contributed by atoms with Crippen LogP contribution in [0.2, 0.25) is 0 Å². The van der Waals surface area contributed by atoms with Crippen LogP contribution in [0.3, 0.4) is 0 Å². The first-order chi connectivity index (χ1) is 7.72. The molecule has 2 atom stereocenters. The summed E-state index contributed by atoms with van der Waals surface area (Å²) < 4.78 is 5.32. The second kappa shape index (κ2) is 4.70. The highest BCUT2D eigenvalue weighted by Gasteiger charge is 2.30. The highest BCUT2D eigenvalue weighted by atomic mass is 16.3. The minimum Gasteiger partial charge on any atom is -0.448 e. The molecule has 88 valence electrons. The Morgan fingerprint density at radius 3 is 2.94 bits per heavy atom. The molecule has 1 fully saturated rings. The molecule has 1 aromatic heterocycles. The minimum atomic E-state index is -0.0879. The number of carbonyl (C=O) groups excluding carboxylic acids is 1. The third-order valence-electron chi connectivity index (χ3n) is 3.13. The zero-order valence-corrected chi connectivity index (χ0v) is 9.77. The van der Waals surface area contributed by atoms with E-state index in [9.17, 15) is 4.79 Å². The molecule has 0 bridgehead atoms. The van der Waals surface area contributed by atoms with Crippen LogP contribution >= 0.6 is 0 Å². The summed E-state index contributed by atoms with van der Waals surface area (Å²) in [7, 11) is 1.83. The first-order valence-electron chi connectivity index (χ1n) is 5.74. The summed E-state index contributed by atoms with van der Waals surface area (Å²) in [5, 5.41) is 3.07. The number of likely N-dealkylation sites (N-methyl/N-ethyl adjacent to an activating group) is 1. The lowest BCUT2D eigenvalue weighted by atomic mass is 10.0. The number of furan rings is 1. The molecule has 4 heteroatoms. The summed E-state index contributed by atoms with van der Waals surface area (Å²) >= 11 is 0. The summed E-state index contributed by atoms with van der Waals surface area (Å²) in [5.74, 6) is 1.27. The van der Waals surface area contributed by atoms with E-state index in [0.29, 0.717) is 11.8 Å². The van der Waals surface area contributed by atoms with Crippen molar-refractivity contribution < 1.29 is 9.21 Å². The molecular formula is C12H18N2O2. The van der Waals surface area contributed by atoms with Gasteiger partial charge in [-0.15, -0.1) is 0 Å². The summed E-state index contributed by atoms with van der Waals surface area (Å²) in [6, 6.07) is 3.56. The summed E-state index contributed by atoms with van der Waals surface area (Å²) in [6.07, 6.45) is 3.56. The van der Waals surface area contributed by atoms with Crippen LogP contribution in [0.15, 0.2) is 22.8 Å². The number of anilines is 1. The van der Waals surface area contributed by atoms with Gasteiger partial charge in [0.05, 0.1) is 12.3 Å². The Morgan fingerprint density at radius 2 is 2.31 bits per heavy atom. The average Bonchev–Trinajstić information content (AvgIpc) is 2.75. The van der Waals surface area contributed by atoms with E-state index in [4.69, 9.17) is 4.42 Å². The van der Waals surface area contributed by atoms with Crippen LogP contribution in [0.4, 0.5) is 5.88 Å². The van der Waals surface area contributed by atoms with E-state index in [-0.39, 0.29) is 11.9 Å². The quantitative estimate of drug-likeness (QED) is 0.827. The molecule has 0 saturated carbocycles. The molecule has 1 N–H and O–H groups in total. The van der Waals surface area contributed by atoms with Gasteiger partial charge in [-0.2, -0.15) is 0 Å². The Morgan fingerprint density at radius 1 is 1.50 bits per heavy atom. The zero-order valence-electron chi connectivity index (χ0n) is 9.77. The Balaban J connectivity index is 2.23. The van der Waals surface area contributed by atoms with Gasteiger partial charge in [-0.3, -0.25) is 9.69 Å². The molecule has 2 rings (SSSR count). The van der Waals surface area contributed by atoms with Crippen LogP contribution in [0.25, 0.3) is 0 Å². The van der Waals surface area contributed by atoms with E-state index < -0.39 is 0 Å². The van der Waals surface area contributed by atoms with Crippen molar-refractivity contribution in [1.82, 2.24) is 5.32 Å². The summed E-state index contributed by atoms with van der Waals surface area (Å²) in [4.78, 5) is 14.0. The molecule has 1 aliphatic heterocycles. The molecule has 0 spiro atoms. The van der Waals surface area contributed by atoms with Crippen molar-refractivity contribution in [2.24, 2.45) is 5.92 Å². The molecule has 0 aliphatic carbocycles. The Labute approximate surface area is 95.6 Å². The lowest BCUT2D eigenvalue weighted by Crippen LogP contribution is -2.44. The third-order valence-corrected chi connectivity index (χ3v) is 3.13. The molecule has 2 heterocycles. The van der Waals surface area contributed by atoms with Crippen molar-refractivity contribution >= 4 is 11.8 Å². The van der Waals surface area contributed by atoms with Gasteiger partial charge in [0.2, 0.25) is 11.8 Å². The molecule has 1 amide bonds. The molecule has 1 aromatic rings. The van der Waals surface area contributed by atoms with Gasteiger partial charge in [-0.25, -0.2) is 0 Å². The van der Waals surface area contributed by atoms with Crippen molar-refractivity contribution in [3.8, 4) is 0 Å². The largest absolute Gasteiger partial charge is 0.448 e. The SMILES string of the molecule is CNC1CCC(C)CN(c2ccco2)C1=O. The number of nitrogens with zero attached hydrogens (tertiary/aromatic N) is 1. The molecule has 0 radical (unpaired) electrons. The number of hydrogen-bond donors (Lipinski definition) is 1. The lowest BCUT2D eigenvalue weighted by molar-refractivity contribution is -0.120. The number of rotatable bonds is 2. The van der Waals surface area contributed by atoms with E-state index in [0.717, 1.165) is 19.4 Å². The molecule has 2 unspecified atom stereocenters. The smallest absolute Gasteiger partial charge is 0.246 e. The monoisotopic (exact) mass is 222 g/mol. The second-order valence-corrected chi connectivity index (χ2v) is 4.42. The van der Waals surface area contributed by atoms with E-state index in [2.05, 4.69) is 12.2 Å². The van der Waals surface area contributed by atoms with Gasteiger partial charge in [0, 0.05) is 12.6 Å². The molecule has 1 saturated heterocycles. The fourth-order valence-electron chi connectivity index (χ4n) is 2.15. The van der Waals surface area contributed by atoms with E-state index in [1.54, 1.807) is 11.2 Å². The molecular weight excluding hydrogens is 204 g/mol. The van der Waals surface area contributed by atoms with Gasteiger partial charge >= 0.3 is 0 Å². The highest BCUT2D eigenvalue weighted by molar-refractivity contribution is 5.96. The zero-order chi connectivity index (χ0) is 11.5. The minimum absolute atomic E-state index is 0.0879. The summed E-state index contributed by atoms with van der Waals surface area (Å²) in [5.41, 5.74) is 0. The van der Waals surface area contributed by atoms with Crippen LogP contribution in [0, 0.1) is 5.92 Å². The van der Waals surface area contributed by atoms with Crippen LogP contribution in [0.5, 0.6) is 0 Å². The normalized spacial score (nSPS) is 26.9. The Kier molecular flexibility index (Phi) is 3.29. The molecule has 0 aromatic carbocycles. The first-order valence-corrected chi connectivity index (χ1v) is 5.74. The van der Waals surface area contributed by atoms with Crippen molar-refractivity contribution in [3.63, 3.8) is 0 Å². The second-order valence-electron chi connectivity index (χ2n) is 4.42.